The van der Waals surface area contributed by atoms with Crippen LogP contribution < -0.4 is 5.73 Å². The van der Waals surface area contributed by atoms with E-state index in [-0.39, 0.29) is 11.7 Å². The van der Waals surface area contributed by atoms with E-state index in [2.05, 4.69) is 26.9 Å². The number of rotatable bonds is 6. The molecule has 3 rings (SSSR count). The molecule has 0 spiro atoms. The van der Waals surface area contributed by atoms with Crippen LogP contribution in [0.25, 0.3) is 0 Å². The number of primary amides is 1. The van der Waals surface area contributed by atoms with Gasteiger partial charge in [-0.15, -0.1) is 10.2 Å². The molecule has 1 amide bonds. The molecule has 0 saturated heterocycles. The van der Waals surface area contributed by atoms with Crippen molar-refractivity contribution in [2.24, 2.45) is 5.73 Å². The molecule has 1 aromatic carbocycles. The Hall–Kier alpha value is -1.82. The van der Waals surface area contributed by atoms with Crippen molar-refractivity contribution in [3.63, 3.8) is 0 Å². The number of nitrogens with zero attached hydrogens (tertiary/aromatic N) is 3. The van der Waals surface area contributed by atoms with Gasteiger partial charge in [0.15, 0.2) is 5.16 Å². The molecule has 5 nitrogen and oxygen atoms in total. The molecule has 1 aliphatic carbocycles. The Morgan fingerprint density at radius 3 is 2.61 bits per heavy atom. The van der Waals surface area contributed by atoms with Crippen molar-refractivity contribution in [1.29, 1.82) is 0 Å². The summed E-state index contributed by atoms with van der Waals surface area (Å²) in [5.74, 6) is 0.906. The van der Waals surface area contributed by atoms with Crippen molar-refractivity contribution in [2.75, 3.05) is 5.75 Å². The largest absolute Gasteiger partial charge is 0.369 e. The minimum absolute atomic E-state index is 0.246. The lowest BCUT2D eigenvalue weighted by molar-refractivity contribution is -0.115. The summed E-state index contributed by atoms with van der Waals surface area (Å²) >= 11 is 1.40. The van der Waals surface area contributed by atoms with Gasteiger partial charge in [-0.3, -0.25) is 4.79 Å². The maximum absolute atomic E-state index is 11.1. The van der Waals surface area contributed by atoms with Gasteiger partial charge in [-0.2, -0.15) is 0 Å². The number of nitrogens with two attached hydrogens (primary N) is 1. The van der Waals surface area contributed by atoms with Gasteiger partial charge in [0, 0.05) is 12.5 Å². The Balaban J connectivity index is 1.86. The van der Waals surface area contributed by atoms with E-state index in [0.717, 1.165) is 30.2 Å². The van der Waals surface area contributed by atoms with Gasteiger partial charge in [0.2, 0.25) is 5.91 Å². The zero-order chi connectivity index (χ0) is 16.1. The standard InChI is InChI=1S/C17H22N4OS/c18-15(22)12-23-17-20-19-16(11-13-7-3-1-4-8-13)21(17)14-9-5-2-6-10-14/h1,3-4,7-8,14H,2,5-6,9-12H2,(H2,18,22). The third kappa shape index (κ3) is 4.13. The molecule has 0 unspecified atom stereocenters. The quantitative estimate of drug-likeness (QED) is 0.826. The van der Waals surface area contributed by atoms with Crippen LogP contribution in [0.15, 0.2) is 35.5 Å². The van der Waals surface area contributed by atoms with E-state index in [1.807, 2.05) is 18.2 Å². The lowest BCUT2D eigenvalue weighted by Crippen LogP contribution is -2.18. The molecule has 1 heterocycles. The smallest absolute Gasteiger partial charge is 0.227 e. The van der Waals surface area contributed by atoms with E-state index in [1.54, 1.807) is 0 Å². The topological polar surface area (TPSA) is 73.8 Å². The fourth-order valence-corrected chi connectivity index (χ4v) is 3.91. The van der Waals surface area contributed by atoms with Crippen LogP contribution in [0.3, 0.4) is 0 Å². The lowest BCUT2D eigenvalue weighted by atomic mass is 9.95. The summed E-state index contributed by atoms with van der Waals surface area (Å²) in [5, 5.41) is 9.55. The molecule has 1 fully saturated rings. The van der Waals surface area contributed by atoms with Gasteiger partial charge < -0.3 is 10.3 Å². The monoisotopic (exact) mass is 330 g/mol. The van der Waals surface area contributed by atoms with E-state index in [1.165, 1.54) is 36.6 Å². The predicted octanol–water partition coefficient (Wildman–Crippen LogP) is 2.95. The van der Waals surface area contributed by atoms with Gasteiger partial charge >= 0.3 is 0 Å². The normalized spacial score (nSPS) is 15.7. The van der Waals surface area contributed by atoms with E-state index in [9.17, 15) is 4.79 Å². The van der Waals surface area contributed by atoms with E-state index < -0.39 is 0 Å². The molecule has 2 aromatic rings. The number of benzene rings is 1. The van der Waals surface area contributed by atoms with E-state index >= 15 is 0 Å². The minimum Gasteiger partial charge on any atom is -0.369 e. The Morgan fingerprint density at radius 2 is 1.91 bits per heavy atom. The van der Waals surface area contributed by atoms with Crippen LogP contribution in [-0.2, 0) is 11.2 Å². The van der Waals surface area contributed by atoms with Gasteiger partial charge in [0.25, 0.3) is 0 Å². The highest BCUT2D eigenvalue weighted by molar-refractivity contribution is 7.99. The SMILES string of the molecule is NC(=O)CSc1nnc(Cc2ccccc2)n1C1CCCCC1. The maximum atomic E-state index is 11.1. The summed E-state index contributed by atoms with van der Waals surface area (Å²) in [5.41, 5.74) is 6.51. The number of carbonyl (C=O) groups excluding carboxylic acids is 1. The predicted molar refractivity (Wildman–Crippen MR) is 91.3 cm³/mol. The number of amides is 1. The summed E-state index contributed by atoms with van der Waals surface area (Å²) < 4.78 is 2.25. The third-order valence-electron chi connectivity index (χ3n) is 4.22. The van der Waals surface area contributed by atoms with Crippen LogP contribution in [0, 0.1) is 0 Å². The van der Waals surface area contributed by atoms with Crippen molar-refractivity contribution >= 4 is 17.7 Å². The molecule has 0 atom stereocenters. The second kappa shape index (κ2) is 7.64. The molecular weight excluding hydrogens is 308 g/mol. The van der Waals surface area contributed by atoms with Crippen molar-refractivity contribution in [1.82, 2.24) is 14.8 Å². The molecule has 0 radical (unpaired) electrons. The minimum atomic E-state index is -0.321. The summed E-state index contributed by atoms with van der Waals surface area (Å²) in [4.78, 5) is 11.1. The average molecular weight is 330 g/mol. The van der Waals surface area contributed by atoms with Crippen LogP contribution in [0.2, 0.25) is 0 Å². The maximum Gasteiger partial charge on any atom is 0.227 e. The molecule has 1 aliphatic rings. The summed E-state index contributed by atoms with van der Waals surface area (Å²) in [6, 6.07) is 10.8. The molecule has 2 N–H and O–H groups in total. The molecular formula is C17H22N4OS. The fourth-order valence-electron chi connectivity index (χ4n) is 3.15. The summed E-state index contributed by atoms with van der Waals surface area (Å²) in [6.45, 7) is 0. The molecule has 1 saturated carbocycles. The van der Waals surface area contributed by atoms with Crippen LogP contribution in [-0.4, -0.2) is 26.4 Å². The molecule has 122 valence electrons. The molecule has 0 aliphatic heterocycles. The van der Waals surface area contributed by atoms with Crippen molar-refractivity contribution < 1.29 is 4.79 Å². The third-order valence-corrected chi connectivity index (χ3v) is 5.19. The summed E-state index contributed by atoms with van der Waals surface area (Å²) in [7, 11) is 0. The Morgan fingerprint density at radius 1 is 1.17 bits per heavy atom. The highest BCUT2D eigenvalue weighted by atomic mass is 32.2. The number of carbonyl (C=O) groups is 1. The van der Waals surface area contributed by atoms with Crippen molar-refractivity contribution in [3.8, 4) is 0 Å². The first kappa shape index (κ1) is 16.1. The van der Waals surface area contributed by atoms with Gasteiger partial charge in [-0.25, -0.2) is 0 Å². The zero-order valence-corrected chi connectivity index (χ0v) is 14.0. The second-order valence-electron chi connectivity index (χ2n) is 5.98. The molecule has 6 heteroatoms. The van der Waals surface area contributed by atoms with Crippen LogP contribution in [0.5, 0.6) is 0 Å². The van der Waals surface area contributed by atoms with Crippen molar-refractivity contribution in [2.45, 2.75) is 49.7 Å². The fraction of sp³-hybridized carbons (Fsp3) is 0.471. The highest BCUT2D eigenvalue weighted by Crippen LogP contribution is 2.33. The van der Waals surface area contributed by atoms with E-state index in [0.29, 0.717) is 6.04 Å². The van der Waals surface area contributed by atoms with Gasteiger partial charge in [-0.05, 0) is 18.4 Å². The van der Waals surface area contributed by atoms with Crippen LogP contribution in [0.4, 0.5) is 0 Å². The zero-order valence-electron chi connectivity index (χ0n) is 13.1. The second-order valence-corrected chi connectivity index (χ2v) is 6.92. The first-order valence-corrected chi connectivity index (χ1v) is 9.11. The Bertz CT molecular complexity index is 650. The van der Waals surface area contributed by atoms with Crippen LogP contribution in [0.1, 0.15) is 49.5 Å². The van der Waals surface area contributed by atoms with Crippen molar-refractivity contribution in [3.05, 3.63) is 41.7 Å². The number of thioether (sulfide) groups is 1. The van der Waals surface area contributed by atoms with Gasteiger partial charge in [-0.1, -0.05) is 61.4 Å². The first-order chi connectivity index (χ1) is 11.2. The highest BCUT2D eigenvalue weighted by Gasteiger charge is 2.23. The van der Waals surface area contributed by atoms with E-state index in [4.69, 9.17) is 5.73 Å². The van der Waals surface area contributed by atoms with Gasteiger partial charge in [0.1, 0.15) is 5.82 Å². The summed E-state index contributed by atoms with van der Waals surface area (Å²) in [6.07, 6.45) is 6.87. The Kier molecular flexibility index (Phi) is 5.33. The number of aromatic nitrogens is 3. The average Bonchev–Trinajstić information content (AvgIpc) is 2.97. The lowest BCUT2D eigenvalue weighted by Gasteiger charge is -2.25. The number of hydrogen-bond donors (Lipinski definition) is 1. The molecule has 23 heavy (non-hydrogen) atoms. The molecule has 0 bridgehead atoms. The van der Waals surface area contributed by atoms with Crippen LogP contribution >= 0.6 is 11.8 Å². The number of hydrogen-bond acceptors (Lipinski definition) is 4. The Labute approximate surface area is 140 Å². The first-order valence-electron chi connectivity index (χ1n) is 8.13. The molecule has 1 aromatic heterocycles. The van der Waals surface area contributed by atoms with Gasteiger partial charge in [0.05, 0.1) is 5.75 Å².